The summed E-state index contributed by atoms with van der Waals surface area (Å²) in [7, 11) is 1.59. The third-order valence-electron chi connectivity index (χ3n) is 6.74. The first-order chi connectivity index (χ1) is 16.5. The summed E-state index contributed by atoms with van der Waals surface area (Å²) in [6.07, 6.45) is 5.48. The van der Waals surface area contributed by atoms with Crippen molar-refractivity contribution < 1.29 is 19.4 Å². The second-order valence-corrected chi connectivity index (χ2v) is 9.18. The van der Waals surface area contributed by atoms with Gasteiger partial charge in [0, 0.05) is 50.8 Å². The van der Waals surface area contributed by atoms with Crippen LogP contribution in [0.5, 0.6) is 0 Å². The fourth-order valence-corrected chi connectivity index (χ4v) is 4.64. The highest BCUT2D eigenvalue weighted by Gasteiger charge is 2.21. The average molecular weight is 504 g/mol. The fraction of sp³-hybridized carbons (Fsp3) is 0.500. The summed E-state index contributed by atoms with van der Waals surface area (Å²) in [6.45, 7) is 4.64. The van der Waals surface area contributed by atoms with Crippen LogP contribution in [0.15, 0.2) is 35.3 Å². The second-order valence-electron chi connectivity index (χ2n) is 9.18. The number of ether oxygens (including phenoxy) is 2. The van der Waals surface area contributed by atoms with Crippen molar-refractivity contribution in [3.63, 3.8) is 0 Å². The van der Waals surface area contributed by atoms with Crippen molar-refractivity contribution in [2.45, 2.75) is 45.6 Å². The summed E-state index contributed by atoms with van der Waals surface area (Å²) in [6, 6.07) is 8.10. The number of fused-ring (bicyclic) bond motifs is 1. The molecule has 1 aromatic carbocycles. The maximum absolute atomic E-state index is 11.9. The van der Waals surface area contributed by atoms with E-state index in [0.717, 1.165) is 60.6 Å². The normalized spacial score (nSPS) is 15.1. The van der Waals surface area contributed by atoms with Crippen LogP contribution in [0.4, 0.5) is 0 Å². The Balaban J connectivity index is 0.00000342. The van der Waals surface area contributed by atoms with Crippen molar-refractivity contribution in [2.75, 3.05) is 26.9 Å². The Hall–Kier alpha value is -2.68. The number of benzene rings is 1. The second kappa shape index (κ2) is 12.3. The van der Waals surface area contributed by atoms with E-state index in [1.165, 1.54) is 0 Å². The zero-order chi connectivity index (χ0) is 24.1. The number of halogens is 1. The van der Waals surface area contributed by atoms with Gasteiger partial charge in [-0.2, -0.15) is 0 Å². The maximum atomic E-state index is 11.9. The Labute approximate surface area is 211 Å². The molecule has 1 aliphatic rings. The van der Waals surface area contributed by atoms with Crippen LogP contribution in [0.25, 0.3) is 22.4 Å². The number of nitrogens with one attached hydrogen (secondary N) is 1. The molecule has 0 amide bonds. The molecule has 0 unspecified atom stereocenters. The SMILES string of the molecule is COCC[C@H](CCc1ccc2c(c1)nc(-c1c[nH]c(=O)c(C)c1)n2CC1CCOCC1)C(=O)O.Cl. The Morgan fingerprint density at radius 3 is 2.74 bits per heavy atom. The zero-order valence-corrected chi connectivity index (χ0v) is 21.1. The molecule has 1 atom stereocenters. The van der Waals surface area contributed by atoms with E-state index in [9.17, 15) is 14.7 Å². The third kappa shape index (κ3) is 6.51. The van der Waals surface area contributed by atoms with E-state index >= 15 is 0 Å². The molecule has 1 aliphatic heterocycles. The molecule has 9 heteroatoms. The lowest BCUT2D eigenvalue weighted by molar-refractivity contribution is -0.142. The summed E-state index contributed by atoms with van der Waals surface area (Å²) in [4.78, 5) is 31.3. The number of methoxy groups -OCH3 is 1. The van der Waals surface area contributed by atoms with Crippen molar-refractivity contribution in [3.8, 4) is 11.4 Å². The van der Waals surface area contributed by atoms with Crippen molar-refractivity contribution in [3.05, 3.63) is 51.9 Å². The van der Waals surface area contributed by atoms with E-state index in [0.29, 0.717) is 37.4 Å². The quantitative estimate of drug-likeness (QED) is 0.429. The van der Waals surface area contributed by atoms with Crippen molar-refractivity contribution in [1.29, 1.82) is 0 Å². The minimum absolute atomic E-state index is 0. The average Bonchev–Trinajstić information content (AvgIpc) is 3.18. The van der Waals surface area contributed by atoms with Crippen molar-refractivity contribution >= 4 is 29.4 Å². The topological polar surface area (TPSA) is 106 Å². The molecular formula is C26H34ClN3O5. The van der Waals surface area contributed by atoms with Gasteiger partial charge < -0.3 is 24.1 Å². The minimum atomic E-state index is -0.783. The summed E-state index contributed by atoms with van der Waals surface area (Å²) in [5.41, 5.74) is 4.43. The molecule has 8 nitrogen and oxygen atoms in total. The van der Waals surface area contributed by atoms with Gasteiger partial charge >= 0.3 is 5.97 Å². The molecule has 35 heavy (non-hydrogen) atoms. The molecule has 3 heterocycles. The van der Waals surface area contributed by atoms with Gasteiger partial charge in [0.1, 0.15) is 5.82 Å². The van der Waals surface area contributed by atoms with Crippen LogP contribution in [0.2, 0.25) is 0 Å². The lowest BCUT2D eigenvalue weighted by atomic mass is 9.96. The molecule has 3 aromatic rings. The highest BCUT2D eigenvalue weighted by atomic mass is 35.5. The van der Waals surface area contributed by atoms with Gasteiger partial charge in [0.2, 0.25) is 0 Å². The van der Waals surface area contributed by atoms with E-state index in [1.807, 2.05) is 6.07 Å². The number of carbonyl (C=O) groups is 1. The Morgan fingerprint density at radius 1 is 1.29 bits per heavy atom. The number of aromatic amines is 1. The number of aromatic nitrogens is 3. The zero-order valence-electron chi connectivity index (χ0n) is 20.3. The highest BCUT2D eigenvalue weighted by Crippen LogP contribution is 2.29. The number of imidazole rings is 1. The maximum Gasteiger partial charge on any atom is 0.306 e. The van der Waals surface area contributed by atoms with E-state index in [2.05, 4.69) is 27.8 Å². The van der Waals surface area contributed by atoms with Gasteiger partial charge in [-0.1, -0.05) is 6.07 Å². The minimum Gasteiger partial charge on any atom is -0.481 e. The number of hydrogen-bond donors (Lipinski definition) is 2. The predicted octanol–water partition coefficient (Wildman–Crippen LogP) is 4.22. The molecular weight excluding hydrogens is 470 g/mol. The molecule has 0 aliphatic carbocycles. The lowest BCUT2D eigenvalue weighted by Gasteiger charge is -2.23. The van der Waals surface area contributed by atoms with Crippen LogP contribution in [0.3, 0.4) is 0 Å². The molecule has 4 rings (SSSR count). The number of nitrogens with zero attached hydrogens (tertiary/aromatic N) is 2. The highest BCUT2D eigenvalue weighted by molar-refractivity contribution is 5.85. The number of carboxylic acids is 1. The van der Waals surface area contributed by atoms with E-state index < -0.39 is 11.9 Å². The number of rotatable bonds is 10. The third-order valence-corrected chi connectivity index (χ3v) is 6.74. The molecule has 2 aromatic heterocycles. The summed E-state index contributed by atoms with van der Waals surface area (Å²) >= 11 is 0. The number of aliphatic carboxylic acids is 1. The number of hydrogen-bond acceptors (Lipinski definition) is 5. The van der Waals surface area contributed by atoms with Crippen LogP contribution in [-0.4, -0.2) is 52.5 Å². The van der Waals surface area contributed by atoms with Crippen LogP contribution in [-0.2, 0) is 27.2 Å². The first-order valence-electron chi connectivity index (χ1n) is 11.9. The Bertz CT molecular complexity index is 1200. The van der Waals surface area contributed by atoms with Gasteiger partial charge in [0.15, 0.2) is 0 Å². The first-order valence-corrected chi connectivity index (χ1v) is 11.9. The predicted molar refractivity (Wildman–Crippen MR) is 137 cm³/mol. The monoisotopic (exact) mass is 503 g/mol. The van der Waals surface area contributed by atoms with Crippen LogP contribution in [0, 0.1) is 18.8 Å². The van der Waals surface area contributed by atoms with Gasteiger partial charge in [-0.05, 0) is 68.7 Å². The van der Waals surface area contributed by atoms with Gasteiger partial charge in [-0.15, -0.1) is 12.4 Å². The first kappa shape index (κ1) is 26.9. The Morgan fingerprint density at radius 2 is 2.06 bits per heavy atom. The summed E-state index contributed by atoms with van der Waals surface area (Å²) < 4.78 is 12.9. The van der Waals surface area contributed by atoms with Gasteiger partial charge in [-0.3, -0.25) is 9.59 Å². The molecule has 1 fully saturated rings. The molecule has 0 radical (unpaired) electrons. The van der Waals surface area contributed by atoms with Crippen LogP contribution < -0.4 is 5.56 Å². The standard InChI is InChI=1S/C26H33N3O5.ClH/c1-17-13-21(15-27-25(17)30)24-28-22-14-18(3-5-20(26(31)32)9-10-33-2)4-6-23(22)29(24)16-19-7-11-34-12-8-19;/h4,6,13-15,19-20H,3,5,7-12,16H2,1-2H3,(H,27,30)(H,31,32);1H/t20-;/m0./s1. The lowest BCUT2D eigenvalue weighted by Crippen LogP contribution is -2.21. The molecule has 0 spiro atoms. The number of H-pyrrole nitrogens is 1. The van der Waals surface area contributed by atoms with E-state index in [1.54, 1.807) is 20.2 Å². The smallest absolute Gasteiger partial charge is 0.306 e. The number of carboxylic acid groups (broad SMARTS) is 1. The van der Waals surface area contributed by atoms with Gasteiger partial charge in [0.05, 0.1) is 17.0 Å². The molecule has 0 bridgehead atoms. The summed E-state index contributed by atoms with van der Waals surface area (Å²) in [5.74, 6) is 0.128. The summed E-state index contributed by atoms with van der Waals surface area (Å²) in [5, 5.41) is 9.51. The number of aryl methyl sites for hydroxylation is 2. The largest absolute Gasteiger partial charge is 0.481 e. The molecule has 1 saturated heterocycles. The van der Waals surface area contributed by atoms with Crippen molar-refractivity contribution in [2.24, 2.45) is 11.8 Å². The van der Waals surface area contributed by atoms with Crippen molar-refractivity contribution in [1.82, 2.24) is 14.5 Å². The molecule has 0 saturated carbocycles. The van der Waals surface area contributed by atoms with E-state index in [4.69, 9.17) is 14.5 Å². The fourth-order valence-electron chi connectivity index (χ4n) is 4.64. The van der Waals surface area contributed by atoms with Crippen LogP contribution in [0.1, 0.15) is 36.8 Å². The Kier molecular flexibility index (Phi) is 9.48. The van der Waals surface area contributed by atoms with Crippen LogP contribution >= 0.6 is 12.4 Å². The number of pyridine rings is 1. The molecule has 190 valence electrons. The van der Waals surface area contributed by atoms with Gasteiger partial charge in [0.25, 0.3) is 5.56 Å². The van der Waals surface area contributed by atoms with Gasteiger partial charge in [-0.25, -0.2) is 4.98 Å². The van der Waals surface area contributed by atoms with E-state index in [-0.39, 0.29) is 18.0 Å². The molecule has 2 N–H and O–H groups in total.